The summed E-state index contributed by atoms with van der Waals surface area (Å²) < 4.78 is 0. The highest BCUT2D eigenvalue weighted by atomic mass is 15.2. The first-order valence-corrected chi connectivity index (χ1v) is 7.49. The summed E-state index contributed by atoms with van der Waals surface area (Å²) >= 11 is 0. The van der Waals surface area contributed by atoms with Gasteiger partial charge in [0.15, 0.2) is 0 Å². The quantitative estimate of drug-likeness (QED) is 0.813. The maximum Gasteiger partial charge on any atom is 0.00956 e. The Morgan fingerprint density at radius 1 is 1.06 bits per heavy atom. The number of hydrogen-bond acceptors (Lipinski definition) is 2. The van der Waals surface area contributed by atoms with Crippen molar-refractivity contribution in [2.75, 3.05) is 26.7 Å². The molecule has 0 atom stereocenters. The van der Waals surface area contributed by atoms with Crippen LogP contribution in [0.3, 0.4) is 0 Å². The molecule has 2 rings (SSSR count). The Labute approximate surface area is 107 Å². The Morgan fingerprint density at radius 3 is 2.18 bits per heavy atom. The Kier molecular flexibility index (Phi) is 4.48. The van der Waals surface area contributed by atoms with E-state index in [0.29, 0.717) is 5.41 Å². The number of likely N-dealkylation sites (tertiary alicyclic amines) is 1. The lowest BCUT2D eigenvalue weighted by molar-refractivity contribution is 0.0759. The summed E-state index contributed by atoms with van der Waals surface area (Å²) in [6.45, 7) is 8.77. The van der Waals surface area contributed by atoms with Crippen molar-refractivity contribution in [2.45, 2.75) is 58.4 Å². The summed E-state index contributed by atoms with van der Waals surface area (Å²) in [6, 6.07) is 0.901. The lowest BCUT2D eigenvalue weighted by Gasteiger charge is -2.43. The third kappa shape index (κ3) is 3.69. The predicted octanol–water partition coefficient (Wildman–Crippen LogP) is 2.89. The van der Waals surface area contributed by atoms with E-state index in [0.717, 1.165) is 12.0 Å². The highest BCUT2D eigenvalue weighted by Gasteiger charge is 2.31. The van der Waals surface area contributed by atoms with Crippen molar-refractivity contribution in [3.8, 4) is 0 Å². The fourth-order valence-electron chi connectivity index (χ4n) is 3.56. The zero-order valence-electron chi connectivity index (χ0n) is 12.0. The molecule has 100 valence electrons. The molecule has 2 nitrogen and oxygen atoms in total. The molecule has 0 aromatic rings. The molecule has 0 aromatic heterocycles. The molecule has 0 spiro atoms. The molecule has 1 aliphatic carbocycles. The zero-order chi connectivity index (χ0) is 12.3. The van der Waals surface area contributed by atoms with Crippen molar-refractivity contribution < 1.29 is 0 Å². The van der Waals surface area contributed by atoms with E-state index in [9.17, 15) is 0 Å². The Balaban J connectivity index is 1.74. The van der Waals surface area contributed by atoms with Gasteiger partial charge >= 0.3 is 0 Å². The topological polar surface area (TPSA) is 15.3 Å². The van der Waals surface area contributed by atoms with Gasteiger partial charge in [-0.2, -0.15) is 0 Å². The number of hydrogen-bond donors (Lipinski definition) is 1. The van der Waals surface area contributed by atoms with Crippen LogP contribution >= 0.6 is 0 Å². The molecular formula is C15H30N2. The molecule has 17 heavy (non-hydrogen) atoms. The predicted molar refractivity (Wildman–Crippen MR) is 74.3 cm³/mol. The van der Waals surface area contributed by atoms with Crippen LogP contribution in [0.1, 0.15) is 52.4 Å². The molecule has 2 heteroatoms. The van der Waals surface area contributed by atoms with Crippen molar-refractivity contribution in [3.05, 3.63) is 0 Å². The molecule has 1 N–H and O–H groups in total. The molecular weight excluding hydrogens is 208 g/mol. The molecule has 0 unspecified atom stereocenters. The van der Waals surface area contributed by atoms with Crippen molar-refractivity contribution in [1.29, 1.82) is 0 Å². The summed E-state index contributed by atoms with van der Waals surface area (Å²) in [5, 5.41) is 3.32. The van der Waals surface area contributed by atoms with Gasteiger partial charge in [-0.25, -0.2) is 0 Å². The normalized spacial score (nSPS) is 28.4. The molecule has 1 saturated heterocycles. The molecule has 0 radical (unpaired) electrons. The van der Waals surface area contributed by atoms with Crippen molar-refractivity contribution in [1.82, 2.24) is 10.2 Å². The first-order valence-electron chi connectivity index (χ1n) is 7.49. The van der Waals surface area contributed by atoms with Gasteiger partial charge in [0.25, 0.3) is 0 Å². The number of nitrogens with zero attached hydrogens (tertiary/aromatic N) is 1. The highest BCUT2D eigenvalue weighted by molar-refractivity contribution is 4.86. The molecule has 2 fully saturated rings. The maximum absolute atomic E-state index is 3.32. The van der Waals surface area contributed by atoms with Gasteiger partial charge in [-0.1, -0.05) is 13.8 Å². The van der Waals surface area contributed by atoms with Crippen LogP contribution in [0, 0.1) is 11.3 Å². The number of piperidine rings is 1. The van der Waals surface area contributed by atoms with Crippen LogP contribution < -0.4 is 5.32 Å². The summed E-state index contributed by atoms with van der Waals surface area (Å²) in [5.41, 5.74) is 0.612. The van der Waals surface area contributed by atoms with E-state index in [1.54, 1.807) is 0 Å². The van der Waals surface area contributed by atoms with Gasteiger partial charge in [0.1, 0.15) is 0 Å². The fraction of sp³-hybridized carbons (Fsp3) is 1.00. The van der Waals surface area contributed by atoms with E-state index in [1.807, 2.05) is 0 Å². The number of rotatable bonds is 3. The van der Waals surface area contributed by atoms with Crippen molar-refractivity contribution in [2.24, 2.45) is 11.3 Å². The zero-order valence-corrected chi connectivity index (χ0v) is 12.0. The van der Waals surface area contributed by atoms with Crippen LogP contribution in [-0.2, 0) is 0 Å². The average molecular weight is 238 g/mol. The molecule has 0 aromatic carbocycles. The van der Waals surface area contributed by atoms with Crippen LogP contribution in [0.15, 0.2) is 0 Å². The first-order chi connectivity index (χ1) is 8.11. The summed E-state index contributed by atoms with van der Waals surface area (Å²) in [5.74, 6) is 0.927. The van der Waals surface area contributed by atoms with E-state index in [-0.39, 0.29) is 0 Å². The van der Waals surface area contributed by atoms with E-state index in [1.165, 1.54) is 58.2 Å². The van der Waals surface area contributed by atoms with Crippen LogP contribution in [0.2, 0.25) is 0 Å². The van der Waals surface area contributed by atoms with E-state index in [2.05, 4.69) is 31.1 Å². The SMILES string of the molecule is CNCC1CCN(C2CCC(C)(C)CC2)CC1. The van der Waals surface area contributed by atoms with Crippen LogP contribution in [0.25, 0.3) is 0 Å². The Hall–Kier alpha value is -0.0800. The summed E-state index contributed by atoms with van der Waals surface area (Å²) in [7, 11) is 2.08. The minimum absolute atomic E-state index is 0.612. The van der Waals surface area contributed by atoms with E-state index in [4.69, 9.17) is 0 Å². The monoisotopic (exact) mass is 238 g/mol. The standard InChI is InChI=1S/C15H30N2/c1-15(2)8-4-14(5-9-15)17-10-6-13(7-11-17)12-16-3/h13-14,16H,4-12H2,1-3H3. The Morgan fingerprint density at radius 2 is 1.65 bits per heavy atom. The van der Waals surface area contributed by atoms with Crippen molar-refractivity contribution in [3.63, 3.8) is 0 Å². The molecule has 0 amide bonds. The van der Waals surface area contributed by atoms with Gasteiger partial charge in [0.05, 0.1) is 0 Å². The van der Waals surface area contributed by atoms with Crippen molar-refractivity contribution >= 4 is 0 Å². The van der Waals surface area contributed by atoms with Gasteiger partial charge in [0.2, 0.25) is 0 Å². The van der Waals surface area contributed by atoms with Gasteiger partial charge in [0, 0.05) is 6.04 Å². The molecule has 1 heterocycles. The summed E-state index contributed by atoms with van der Waals surface area (Å²) in [4.78, 5) is 2.78. The third-order valence-corrected chi connectivity index (χ3v) is 4.97. The van der Waals surface area contributed by atoms with Gasteiger partial charge in [-0.3, -0.25) is 0 Å². The smallest absolute Gasteiger partial charge is 0.00956 e. The second-order valence-corrected chi connectivity index (χ2v) is 6.93. The minimum atomic E-state index is 0.612. The fourth-order valence-corrected chi connectivity index (χ4v) is 3.56. The van der Waals surface area contributed by atoms with Gasteiger partial charge in [-0.15, -0.1) is 0 Å². The third-order valence-electron chi connectivity index (χ3n) is 4.97. The Bertz CT molecular complexity index is 219. The minimum Gasteiger partial charge on any atom is -0.319 e. The van der Waals surface area contributed by atoms with Gasteiger partial charge in [-0.05, 0) is 76.5 Å². The molecule has 1 saturated carbocycles. The highest BCUT2D eigenvalue weighted by Crippen LogP contribution is 2.37. The van der Waals surface area contributed by atoms with Crippen LogP contribution in [0.4, 0.5) is 0 Å². The molecule has 0 bridgehead atoms. The second-order valence-electron chi connectivity index (χ2n) is 6.93. The lowest BCUT2D eigenvalue weighted by Crippen LogP contribution is -2.45. The average Bonchev–Trinajstić information content (AvgIpc) is 2.31. The largest absolute Gasteiger partial charge is 0.319 e. The van der Waals surface area contributed by atoms with Gasteiger partial charge < -0.3 is 10.2 Å². The molecule has 1 aliphatic heterocycles. The summed E-state index contributed by atoms with van der Waals surface area (Å²) in [6.07, 6.45) is 8.52. The second kappa shape index (κ2) is 5.71. The molecule has 2 aliphatic rings. The first kappa shape index (κ1) is 13.4. The maximum atomic E-state index is 3.32. The lowest BCUT2D eigenvalue weighted by atomic mass is 9.75. The van der Waals surface area contributed by atoms with E-state index >= 15 is 0 Å². The van der Waals surface area contributed by atoms with E-state index < -0.39 is 0 Å². The van der Waals surface area contributed by atoms with Crippen LogP contribution in [0.5, 0.6) is 0 Å². The van der Waals surface area contributed by atoms with Crippen LogP contribution in [-0.4, -0.2) is 37.6 Å². The number of nitrogens with one attached hydrogen (secondary N) is 1.